The van der Waals surface area contributed by atoms with Gasteiger partial charge in [0, 0.05) is 23.1 Å². The fourth-order valence-electron chi connectivity index (χ4n) is 3.48. The van der Waals surface area contributed by atoms with Gasteiger partial charge < -0.3 is 10.2 Å². The maximum Gasteiger partial charge on any atom is 0.244 e. The van der Waals surface area contributed by atoms with Crippen LogP contribution in [0.15, 0.2) is 42.5 Å². The number of halogens is 2. The second-order valence-electron chi connectivity index (χ2n) is 7.66. The molecule has 2 aromatic rings. The highest BCUT2D eigenvalue weighted by atomic mass is 35.5. The van der Waals surface area contributed by atoms with Gasteiger partial charge in [-0.25, -0.2) is 8.42 Å². The Morgan fingerprint density at radius 1 is 1.06 bits per heavy atom. The third-order valence-electron chi connectivity index (χ3n) is 5.15. The van der Waals surface area contributed by atoms with Crippen LogP contribution >= 0.6 is 23.2 Å². The van der Waals surface area contributed by atoms with E-state index >= 15 is 0 Å². The highest BCUT2D eigenvalue weighted by molar-refractivity contribution is 7.92. The summed E-state index contributed by atoms with van der Waals surface area (Å²) in [5.74, 6) is -0.809. The summed E-state index contributed by atoms with van der Waals surface area (Å²) in [7, 11) is -3.86. The molecule has 0 aromatic heterocycles. The first-order valence-electron chi connectivity index (χ1n) is 10.5. The number of sulfonamides is 1. The molecule has 0 heterocycles. The van der Waals surface area contributed by atoms with E-state index in [9.17, 15) is 18.0 Å². The van der Waals surface area contributed by atoms with Crippen LogP contribution in [-0.4, -0.2) is 50.5 Å². The third kappa shape index (κ3) is 7.35. The Morgan fingerprint density at radius 3 is 2.18 bits per heavy atom. The minimum atomic E-state index is -3.86. The van der Waals surface area contributed by atoms with Gasteiger partial charge in [-0.15, -0.1) is 0 Å². The maximum absolute atomic E-state index is 13.5. The van der Waals surface area contributed by atoms with Crippen molar-refractivity contribution in [2.45, 2.75) is 39.8 Å². The number of rotatable bonds is 10. The van der Waals surface area contributed by atoms with Gasteiger partial charge in [-0.05, 0) is 49.6 Å². The third-order valence-corrected chi connectivity index (χ3v) is 6.73. The quantitative estimate of drug-likeness (QED) is 0.519. The molecule has 0 fully saturated rings. The molecule has 0 bridgehead atoms. The van der Waals surface area contributed by atoms with Gasteiger partial charge in [-0.3, -0.25) is 13.9 Å². The molecular weight excluding hydrogens is 485 g/mol. The molecule has 0 saturated carbocycles. The number of hydrogen-bond acceptors (Lipinski definition) is 4. The van der Waals surface area contributed by atoms with Crippen LogP contribution in [-0.2, 0) is 26.2 Å². The molecule has 7 nitrogen and oxygen atoms in total. The van der Waals surface area contributed by atoms with E-state index in [1.54, 1.807) is 6.92 Å². The summed E-state index contributed by atoms with van der Waals surface area (Å²) >= 11 is 12.1. The molecule has 1 atom stereocenters. The summed E-state index contributed by atoms with van der Waals surface area (Å²) in [5.41, 5.74) is 2.00. The molecule has 0 aliphatic heterocycles. The first kappa shape index (κ1) is 27.0. The normalized spacial score (nSPS) is 12.2. The van der Waals surface area contributed by atoms with Gasteiger partial charge in [0.1, 0.15) is 12.6 Å². The van der Waals surface area contributed by atoms with Crippen molar-refractivity contribution < 1.29 is 18.0 Å². The average Bonchev–Trinajstić information content (AvgIpc) is 2.71. The molecule has 0 aliphatic carbocycles. The predicted octanol–water partition coefficient (Wildman–Crippen LogP) is 4.01. The number of likely N-dealkylation sites (N-methyl/N-ethyl adjacent to an activating group) is 1. The number of benzene rings is 2. The lowest BCUT2D eigenvalue weighted by Crippen LogP contribution is -2.52. The Morgan fingerprint density at radius 2 is 1.67 bits per heavy atom. The van der Waals surface area contributed by atoms with Crippen molar-refractivity contribution in [3.8, 4) is 0 Å². The van der Waals surface area contributed by atoms with Crippen LogP contribution < -0.4 is 9.62 Å². The maximum atomic E-state index is 13.5. The van der Waals surface area contributed by atoms with Crippen molar-refractivity contribution in [1.82, 2.24) is 10.2 Å². The van der Waals surface area contributed by atoms with E-state index in [0.29, 0.717) is 13.0 Å². The standard InChI is InChI=1S/C23H29Cl2N3O4S/c1-5-21(23(30)26-6-2)27(14-17-10-8-7-9-16(17)3)22(29)15-28(33(4,31)32)20-12-18(24)11-19(25)13-20/h7-13,21H,5-6,14-15H2,1-4H3,(H,26,30). The molecule has 0 aliphatic rings. The summed E-state index contributed by atoms with van der Waals surface area (Å²) < 4.78 is 26.1. The van der Waals surface area contributed by atoms with E-state index in [1.807, 2.05) is 38.1 Å². The summed E-state index contributed by atoms with van der Waals surface area (Å²) in [4.78, 5) is 27.7. The van der Waals surface area contributed by atoms with Crippen molar-refractivity contribution in [2.24, 2.45) is 0 Å². The number of amides is 2. The topological polar surface area (TPSA) is 86.8 Å². The molecule has 1 N–H and O–H groups in total. The molecule has 10 heteroatoms. The fraction of sp³-hybridized carbons (Fsp3) is 0.391. The molecule has 0 saturated heterocycles. The molecule has 0 radical (unpaired) electrons. The van der Waals surface area contributed by atoms with Crippen LogP contribution in [0, 0.1) is 6.92 Å². The van der Waals surface area contributed by atoms with Gasteiger partial charge in [0.05, 0.1) is 11.9 Å². The smallest absolute Gasteiger partial charge is 0.244 e. The van der Waals surface area contributed by atoms with E-state index in [-0.39, 0.29) is 28.2 Å². The number of carbonyl (C=O) groups is 2. The SMILES string of the molecule is CCNC(=O)C(CC)N(Cc1ccccc1C)C(=O)CN(c1cc(Cl)cc(Cl)c1)S(C)(=O)=O. The molecule has 2 aromatic carbocycles. The van der Waals surface area contributed by atoms with Crippen LogP contribution in [0.5, 0.6) is 0 Å². The summed E-state index contributed by atoms with van der Waals surface area (Å²) in [6, 6.07) is 11.1. The van der Waals surface area contributed by atoms with Gasteiger partial charge in [0.2, 0.25) is 21.8 Å². The van der Waals surface area contributed by atoms with Gasteiger partial charge >= 0.3 is 0 Å². The first-order chi connectivity index (χ1) is 15.5. The van der Waals surface area contributed by atoms with Crippen molar-refractivity contribution in [3.05, 3.63) is 63.6 Å². The van der Waals surface area contributed by atoms with Gasteiger partial charge in [0.15, 0.2) is 0 Å². The van der Waals surface area contributed by atoms with E-state index < -0.39 is 28.5 Å². The zero-order valence-corrected chi connectivity index (χ0v) is 21.5. The van der Waals surface area contributed by atoms with Crippen LogP contribution in [0.2, 0.25) is 10.0 Å². The number of hydrogen-bond donors (Lipinski definition) is 1. The highest BCUT2D eigenvalue weighted by Gasteiger charge is 2.31. The van der Waals surface area contributed by atoms with E-state index in [0.717, 1.165) is 21.7 Å². The molecule has 180 valence electrons. The Hall–Kier alpha value is -2.29. The Bertz CT molecular complexity index is 1090. The van der Waals surface area contributed by atoms with E-state index in [2.05, 4.69) is 5.32 Å². The Balaban J connectivity index is 2.48. The second-order valence-corrected chi connectivity index (χ2v) is 10.4. The molecule has 1 unspecified atom stereocenters. The van der Waals surface area contributed by atoms with E-state index in [4.69, 9.17) is 23.2 Å². The molecule has 2 rings (SSSR count). The summed E-state index contributed by atoms with van der Waals surface area (Å²) in [5, 5.41) is 3.24. The average molecular weight is 514 g/mol. The van der Waals surface area contributed by atoms with Crippen molar-refractivity contribution >= 4 is 50.7 Å². The number of carbonyl (C=O) groups excluding carboxylic acids is 2. The molecular formula is C23H29Cl2N3O4S. The van der Waals surface area contributed by atoms with Crippen molar-refractivity contribution in [2.75, 3.05) is 23.7 Å². The van der Waals surface area contributed by atoms with Crippen LogP contribution in [0.4, 0.5) is 5.69 Å². The molecule has 33 heavy (non-hydrogen) atoms. The number of nitrogens with zero attached hydrogens (tertiary/aromatic N) is 2. The molecule has 0 spiro atoms. The van der Waals surface area contributed by atoms with Gasteiger partial charge in [-0.1, -0.05) is 54.4 Å². The highest BCUT2D eigenvalue weighted by Crippen LogP contribution is 2.27. The van der Waals surface area contributed by atoms with Crippen LogP contribution in [0.25, 0.3) is 0 Å². The van der Waals surface area contributed by atoms with Crippen LogP contribution in [0.3, 0.4) is 0 Å². The lowest BCUT2D eigenvalue weighted by atomic mass is 10.1. The summed E-state index contributed by atoms with van der Waals surface area (Å²) in [6.07, 6.45) is 1.37. The van der Waals surface area contributed by atoms with Crippen molar-refractivity contribution in [3.63, 3.8) is 0 Å². The Labute approximate surface area is 205 Å². The zero-order valence-electron chi connectivity index (χ0n) is 19.1. The Kier molecular flexibility index (Phi) is 9.57. The first-order valence-corrected chi connectivity index (χ1v) is 13.1. The number of aryl methyl sites for hydroxylation is 1. The van der Waals surface area contributed by atoms with Crippen LogP contribution in [0.1, 0.15) is 31.4 Å². The van der Waals surface area contributed by atoms with Gasteiger partial charge in [-0.2, -0.15) is 0 Å². The second kappa shape index (κ2) is 11.7. The predicted molar refractivity (Wildman–Crippen MR) is 133 cm³/mol. The summed E-state index contributed by atoms with van der Waals surface area (Å²) in [6.45, 7) is 5.60. The number of anilines is 1. The minimum Gasteiger partial charge on any atom is -0.355 e. The monoisotopic (exact) mass is 513 g/mol. The molecule has 2 amide bonds. The lowest BCUT2D eigenvalue weighted by molar-refractivity contribution is -0.140. The lowest BCUT2D eigenvalue weighted by Gasteiger charge is -2.33. The van der Waals surface area contributed by atoms with Crippen molar-refractivity contribution in [1.29, 1.82) is 0 Å². The van der Waals surface area contributed by atoms with E-state index in [1.165, 1.54) is 23.1 Å². The fourth-order valence-corrected chi connectivity index (χ4v) is 4.83. The minimum absolute atomic E-state index is 0.162. The zero-order chi connectivity index (χ0) is 24.8. The largest absolute Gasteiger partial charge is 0.355 e. The number of nitrogens with one attached hydrogen (secondary N) is 1. The van der Waals surface area contributed by atoms with Gasteiger partial charge in [0.25, 0.3) is 0 Å².